The highest BCUT2D eigenvalue weighted by atomic mass is 32.2. The van der Waals surface area contributed by atoms with Crippen molar-refractivity contribution >= 4 is 16.8 Å². The van der Waals surface area contributed by atoms with Gasteiger partial charge in [-0.05, 0) is 19.3 Å². The van der Waals surface area contributed by atoms with Crippen LogP contribution in [0.4, 0.5) is 0 Å². The molecule has 0 aromatic rings. The van der Waals surface area contributed by atoms with Crippen molar-refractivity contribution in [1.29, 1.82) is 0 Å². The van der Waals surface area contributed by atoms with E-state index in [1.807, 2.05) is 0 Å². The van der Waals surface area contributed by atoms with Gasteiger partial charge in [0.15, 0.2) is 0 Å². The monoisotopic (exact) mass is 260 g/mol. The summed E-state index contributed by atoms with van der Waals surface area (Å²) in [6, 6.07) is 0.499. The normalized spacial score (nSPS) is 20.0. The fourth-order valence-electron chi connectivity index (χ4n) is 2.03. The van der Waals surface area contributed by atoms with Gasteiger partial charge in [-0.3, -0.25) is 14.6 Å². The number of rotatable bonds is 5. The maximum Gasteiger partial charge on any atom is 0.205 e. The first-order valence-electron chi connectivity index (χ1n) is 6.30. The number of nitrogens with zero attached hydrogens (tertiary/aromatic N) is 1. The molecule has 1 aliphatic rings. The van der Waals surface area contributed by atoms with Crippen LogP contribution in [-0.2, 0) is 10.8 Å². The summed E-state index contributed by atoms with van der Waals surface area (Å²) < 4.78 is 10.9. The molecule has 100 valence electrons. The summed E-state index contributed by atoms with van der Waals surface area (Å²) in [6.07, 6.45) is 8.84. The molecule has 0 radical (unpaired) electrons. The Balaban J connectivity index is 2.25. The number of nitrogens with one attached hydrogen (secondary N) is 2. The van der Waals surface area contributed by atoms with Crippen LogP contribution >= 0.6 is 0 Å². The van der Waals surface area contributed by atoms with Gasteiger partial charge in [0, 0.05) is 35.4 Å². The fraction of sp³-hybridized carbons (Fsp3) is 0.909. The summed E-state index contributed by atoms with van der Waals surface area (Å²) >= 11 is 0. The minimum atomic E-state index is -0.730. The number of hydrogen-bond acceptors (Lipinski definition) is 3. The lowest BCUT2D eigenvalue weighted by molar-refractivity contribution is 0.410. The second-order valence-corrected chi connectivity index (χ2v) is 6.04. The first kappa shape index (κ1) is 14.4. The van der Waals surface area contributed by atoms with Gasteiger partial charge in [0.2, 0.25) is 5.96 Å². The van der Waals surface area contributed by atoms with Gasteiger partial charge < -0.3 is 5.32 Å². The van der Waals surface area contributed by atoms with Crippen molar-refractivity contribution in [3.05, 3.63) is 0 Å². The molecule has 0 aliphatic heterocycles. The summed E-state index contributed by atoms with van der Waals surface area (Å²) in [5.74, 6) is 6.79. The van der Waals surface area contributed by atoms with Crippen LogP contribution in [-0.4, -0.2) is 34.8 Å². The smallest absolute Gasteiger partial charge is 0.205 e. The zero-order chi connectivity index (χ0) is 12.5. The van der Waals surface area contributed by atoms with Crippen molar-refractivity contribution in [3.8, 4) is 0 Å². The minimum absolute atomic E-state index is 0.499. The Labute approximate surface area is 106 Å². The van der Waals surface area contributed by atoms with Gasteiger partial charge in [-0.25, -0.2) is 5.84 Å². The number of guanidine groups is 1. The Kier molecular flexibility index (Phi) is 7.19. The maximum atomic E-state index is 10.9. The molecule has 0 heterocycles. The van der Waals surface area contributed by atoms with E-state index in [-0.39, 0.29) is 0 Å². The van der Waals surface area contributed by atoms with E-state index in [4.69, 9.17) is 5.84 Å². The predicted octanol–water partition coefficient (Wildman–Crippen LogP) is 0.497. The molecule has 0 spiro atoms. The van der Waals surface area contributed by atoms with E-state index in [9.17, 15) is 4.21 Å². The number of aliphatic imine (C=N–C) groups is 1. The van der Waals surface area contributed by atoms with Gasteiger partial charge in [0.1, 0.15) is 0 Å². The van der Waals surface area contributed by atoms with Crippen LogP contribution in [0.3, 0.4) is 0 Å². The number of nitrogens with two attached hydrogens (primary N) is 1. The molecule has 0 aromatic heterocycles. The second-order valence-electron chi connectivity index (χ2n) is 4.48. The molecule has 4 N–H and O–H groups in total. The highest BCUT2D eigenvalue weighted by molar-refractivity contribution is 7.84. The van der Waals surface area contributed by atoms with Crippen LogP contribution in [0.15, 0.2) is 4.99 Å². The third-order valence-electron chi connectivity index (χ3n) is 2.94. The summed E-state index contributed by atoms with van der Waals surface area (Å²) in [6.45, 7) is 0.666. The zero-order valence-corrected chi connectivity index (χ0v) is 11.4. The third-order valence-corrected chi connectivity index (χ3v) is 3.81. The average Bonchev–Trinajstić information content (AvgIpc) is 2.34. The Morgan fingerprint density at radius 2 is 2.12 bits per heavy atom. The molecule has 0 amide bonds. The molecule has 0 bridgehead atoms. The van der Waals surface area contributed by atoms with Gasteiger partial charge in [0.25, 0.3) is 0 Å². The number of hydrazine groups is 1. The molecule has 1 unspecified atom stereocenters. The molecule has 5 nitrogen and oxygen atoms in total. The first-order chi connectivity index (χ1) is 8.22. The summed E-state index contributed by atoms with van der Waals surface area (Å²) in [5, 5.41) is 3.33. The second kappa shape index (κ2) is 8.47. The first-order valence-corrected chi connectivity index (χ1v) is 8.02. The Morgan fingerprint density at radius 3 is 2.71 bits per heavy atom. The van der Waals surface area contributed by atoms with Crippen molar-refractivity contribution in [2.75, 3.05) is 18.6 Å². The van der Waals surface area contributed by atoms with Crippen molar-refractivity contribution in [3.63, 3.8) is 0 Å². The van der Waals surface area contributed by atoms with E-state index < -0.39 is 10.8 Å². The van der Waals surface area contributed by atoms with Crippen LogP contribution in [0.2, 0.25) is 0 Å². The van der Waals surface area contributed by atoms with E-state index in [0.29, 0.717) is 24.3 Å². The average molecular weight is 260 g/mol. The van der Waals surface area contributed by atoms with Gasteiger partial charge in [-0.1, -0.05) is 19.3 Å². The lowest BCUT2D eigenvalue weighted by Crippen LogP contribution is -2.47. The van der Waals surface area contributed by atoms with Crippen molar-refractivity contribution in [1.82, 2.24) is 10.7 Å². The minimum Gasteiger partial charge on any atom is -0.353 e. The van der Waals surface area contributed by atoms with Crippen molar-refractivity contribution in [2.24, 2.45) is 10.8 Å². The van der Waals surface area contributed by atoms with E-state index in [0.717, 1.165) is 6.42 Å². The Morgan fingerprint density at radius 1 is 1.41 bits per heavy atom. The Hall–Kier alpha value is -0.620. The zero-order valence-electron chi connectivity index (χ0n) is 10.6. The van der Waals surface area contributed by atoms with Crippen molar-refractivity contribution in [2.45, 2.75) is 44.6 Å². The summed E-state index contributed by atoms with van der Waals surface area (Å²) in [4.78, 5) is 4.34. The van der Waals surface area contributed by atoms with Crippen molar-refractivity contribution < 1.29 is 4.21 Å². The molecule has 6 heteroatoms. The lowest BCUT2D eigenvalue weighted by atomic mass is 9.96. The molecule has 1 fully saturated rings. The topological polar surface area (TPSA) is 79.5 Å². The van der Waals surface area contributed by atoms with E-state index in [2.05, 4.69) is 15.7 Å². The highest BCUT2D eigenvalue weighted by Gasteiger charge is 2.13. The number of hydrogen-bond donors (Lipinski definition) is 3. The lowest BCUT2D eigenvalue weighted by Gasteiger charge is -2.24. The van der Waals surface area contributed by atoms with Crippen LogP contribution in [0.1, 0.15) is 38.5 Å². The van der Waals surface area contributed by atoms with Crippen LogP contribution in [0.25, 0.3) is 0 Å². The SMILES string of the molecule is CS(=O)CCCN=C(NN)NC1CCCCC1. The third kappa shape index (κ3) is 6.63. The highest BCUT2D eigenvalue weighted by Crippen LogP contribution is 2.17. The maximum absolute atomic E-state index is 10.9. The van der Waals surface area contributed by atoms with Crippen LogP contribution < -0.4 is 16.6 Å². The molecule has 1 saturated carbocycles. The van der Waals surface area contributed by atoms with Gasteiger partial charge in [0.05, 0.1) is 0 Å². The van der Waals surface area contributed by atoms with Gasteiger partial charge in [-0.2, -0.15) is 0 Å². The van der Waals surface area contributed by atoms with Crippen LogP contribution in [0, 0.1) is 0 Å². The molecule has 1 aliphatic carbocycles. The van der Waals surface area contributed by atoms with E-state index in [1.165, 1.54) is 32.1 Å². The van der Waals surface area contributed by atoms with Gasteiger partial charge in [-0.15, -0.1) is 0 Å². The van der Waals surface area contributed by atoms with Gasteiger partial charge >= 0.3 is 0 Å². The molecule has 17 heavy (non-hydrogen) atoms. The molecule has 1 atom stereocenters. The van der Waals surface area contributed by atoms with E-state index in [1.54, 1.807) is 6.26 Å². The Bertz CT molecular complexity index is 264. The fourth-order valence-corrected chi connectivity index (χ4v) is 2.57. The predicted molar refractivity (Wildman–Crippen MR) is 73.2 cm³/mol. The molecule has 0 saturated heterocycles. The molecule has 1 rings (SSSR count). The van der Waals surface area contributed by atoms with E-state index >= 15 is 0 Å². The summed E-state index contributed by atoms with van der Waals surface area (Å²) in [7, 11) is -0.730. The quantitative estimate of drug-likeness (QED) is 0.221. The van der Waals surface area contributed by atoms with Crippen LogP contribution in [0.5, 0.6) is 0 Å². The molecular formula is C11H24N4OS. The summed E-state index contributed by atoms with van der Waals surface area (Å²) in [5.41, 5.74) is 2.60. The molecule has 0 aromatic carbocycles. The molecular weight excluding hydrogens is 236 g/mol. The standard InChI is InChI=1S/C11H24N4OS/c1-17(16)9-5-8-13-11(15-12)14-10-6-3-2-4-7-10/h10H,2-9,12H2,1H3,(H2,13,14,15). The largest absolute Gasteiger partial charge is 0.353 e.